The number of guanidine groups is 1. The quantitative estimate of drug-likeness (QED) is 0.505. The van der Waals surface area contributed by atoms with E-state index < -0.39 is 0 Å². The zero-order valence-electron chi connectivity index (χ0n) is 17.9. The second-order valence-corrected chi connectivity index (χ2v) is 8.57. The lowest BCUT2D eigenvalue weighted by Crippen LogP contribution is -2.48. The predicted molar refractivity (Wildman–Crippen MR) is 112 cm³/mol. The van der Waals surface area contributed by atoms with Crippen molar-refractivity contribution in [2.45, 2.75) is 72.8 Å². The Hall–Kier alpha value is -2.08. The molecule has 0 aliphatic carbocycles. The van der Waals surface area contributed by atoms with E-state index in [0.29, 0.717) is 19.1 Å². The number of nitrogens with one attached hydrogen (secondary N) is 3. The van der Waals surface area contributed by atoms with Crippen molar-refractivity contribution >= 4 is 11.9 Å². The maximum atomic E-state index is 12.0. The maximum Gasteiger partial charge on any atom is 0.239 e. The molecule has 0 unspecified atom stereocenters. The highest BCUT2D eigenvalue weighted by molar-refractivity contribution is 5.86. The number of aliphatic imine (C=N–C) groups is 1. The number of nitrogens with zero attached hydrogens (tertiary/aromatic N) is 1. The SMILES string of the molecule is CCNC(=NCc1cccc(COC(C)(C)C)c1)NCC(=O)NC(C)(C)C. The van der Waals surface area contributed by atoms with E-state index in [9.17, 15) is 4.79 Å². The van der Waals surface area contributed by atoms with Crippen LogP contribution in [0.3, 0.4) is 0 Å². The van der Waals surface area contributed by atoms with Gasteiger partial charge in [-0.25, -0.2) is 4.99 Å². The number of carbonyl (C=O) groups excluding carboxylic acids is 1. The zero-order chi connectivity index (χ0) is 20.5. The predicted octanol–water partition coefficient (Wildman–Crippen LogP) is 2.97. The molecule has 0 aliphatic rings. The van der Waals surface area contributed by atoms with Crippen molar-refractivity contribution in [1.82, 2.24) is 16.0 Å². The van der Waals surface area contributed by atoms with Crippen LogP contribution in [-0.4, -0.2) is 36.1 Å². The van der Waals surface area contributed by atoms with Crippen LogP contribution in [0.15, 0.2) is 29.3 Å². The summed E-state index contributed by atoms with van der Waals surface area (Å²) in [7, 11) is 0. The summed E-state index contributed by atoms with van der Waals surface area (Å²) in [6.45, 7) is 16.0. The van der Waals surface area contributed by atoms with E-state index in [-0.39, 0.29) is 23.6 Å². The van der Waals surface area contributed by atoms with Crippen LogP contribution >= 0.6 is 0 Å². The van der Waals surface area contributed by atoms with Crippen LogP contribution in [0.1, 0.15) is 59.6 Å². The second-order valence-electron chi connectivity index (χ2n) is 8.57. The van der Waals surface area contributed by atoms with Crippen molar-refractivity contribution in [2.24, 2.45) is 4.99 Å². The Kier molecular flexibility index (Phi) is 8.76. The lowest BCUT2D eigenvalue weighted by molar-refractivity contribution is -0.121. The summed E-state index contributed by atoms with van der Waals surface area (Å²) < 4.78 is 5.83. The Bertz CT molecular complexity index is 628. The Morgan fingerprint density at radius 1 is 1.07 bits per heavy atom. The third kappa shape index (κ3) is 11.3. The highest BCUT2D eigenvalue weighted by atomic mass is 16.5. The summed E-state index contributed by atoms with van der Waals surface area (Å²) in [6.07, 6.45) is 0. The summed E-state index contributed by atoms with van der Waals surface area (Å²) in [5.41, 5.74) is 1.81. The normalized spacial score (nSPS) is 12.6. The van der Waals surface area contributed by atoms with Crippen molar-refractivity contribution in [3.63, 3.8) is 0 Å². The molecular weight excluding hydrogens is 340 g/mol. The first kappa shape index (κ1) is 23.0. The molecule has 0 radical (unpaired) electrons. The molecule has 1 rings (SSSR count). The van der Waals surface area contributed by atoms with Crippen molar-refractivity contribution in [3.8, 4) is 0 Å². The van der Waals surface area contributed by atoms with Gasteiger partial charge in [0, 0.05) is 12.1 Å². The van der Waals surface area contributed by atoms with Gasteiger partial charge in [-0.3, -0.25) is 4.79 Å². The molecule has 1 aromatic carbocycles. The van der Waals surface area contributed by atoms with E-state index in [2.05, 4.69) is 33.1 Å². The van der Waals surface area contributed by atoms with Gasteiger partial charge >= 0.3 is 0 Å². The maximum absolute atomic E-state index is 12.0. The number of ether oxygens (including phenoxy) is 1. The number of carbonyl (C=O) groups is 1. The van der Waals surface area contributed by atoms with Crippen molar-refractivity contribution < 1.29 is 9.53 Å². The Balaban J connectivity index is 2.65. The summed E-state index contributed by atoms with van der Waals surface area (Å²) in [5.74, 6) is 0.562. The van der Waals surface area contributed by atoms with E-state index in [0.717, 1.165) is 17.7 Å². The number of hydrogen-bond acceptors (Lipinski definition) is 3. The molecule has 6 nitrogen and oxygen atoms in total. The van der Waals surface area contributed by atoms with E-state index in [1.165, 1.54) is 0 Å². The summed E-state index contributed by atoms with van der Waals surface area (Å²) in [4.78, 5) is 16.5. The monoisotopic (exact) mass is 376 g/mol. The van der Waals surface area contributed by atoms with Crippen LogP contribution in [0.5, 0.6) is 0 Å². The minimum Gasteiger partial charge on any atom is -0.371 e. The molecule has 6 heteroatoms. The Morgan fingerprint density at radius 2 is 1.74 bits per heavy atom. The minimum atomic E-state index is -0.246. The van der Waals surface area contributed by atoms with E-state index in [1.54, 1.807) is 0 Å². The van der Waals surface area contributed by atoms with Crippen molar-refractivity contribution in [3.05, 3.63) is 35.4 Å². The first-order chi connectivity index (χ1) is 12.5. The number of rotatable bonds is 7. The third-order valence-electron chi connectivity index (χ3n) is 3.36. The van der Waals surface area contributed by atoms with Gasteiger partial charge < -0.3 is 20.7 Å². The van der Waals surface area contributed by atoms with Crippen LogP contribution in [-0.2, 0) is 22.7 Å². The summed E-state index contributed by atoms with van der Waals surface area (Å²) >= 11 is 0. The summed E-state index contributed by atoms with van der Waals surface area (Å²) in [5, 5.41) is 9.17. The van der Waals surface area contributed by atoms with Crippen LogP contribution in [0, 0.1) is 0 Å². The molecule has 1 amide bonds. The molecule has 3 N–H and O–H groups in total. The minimum absolute atomic E-state index is 0.0607. The average molecular weight is 377 g/mol. The fourth-order valence-corrected chi connectivity index (χ4v) is 2.26. The molecule has 0 aliphatic heterocycles. The van der Waals surface area contributed by atoms with Gasteiger partial charge in [0.15, 0.2) is 5.96 Å². The van der Waals surface area contributed by atoms with Gasteiger partial charge in [-0.05, 0) is 59.6 Å². The molecule has 27 heavy (non-hydrogen) atoms. The van der Waals surface area contributed by atoms with Gasteiger partial charge in [0.2, 0.25) is 5.91 Å². The van der Waals surface area contributed by atoms with Crippen LogP contribution in [0.25, 0.3) is 0 Å². The molecular formula is C21H36N4O2. The lowest BCUT2D eigenvalue weighted by Gasteiger charge is -2.21. The van der Waals surface area contributed by atoms with Crippen LogP contribution < -0.4 is 16.0 Å². The largest absolute Gasteiger partial charge is 0.371 e. The van der Waals surface area contributed by atoms with E-state index in [1.807, 2.05) is 60.6 Å². The fourth-order valence-electron chi connectivity index (χ4n) is 2.26. The molecule has 152 valence electrons. The molecule has 0 bridgehead atoms. The van der Waals surface area contributed by atoms with E-state index in [4.69, 9.17) is 4.74 Å². The van der Waals surface area contributed by atoms with Gasteiger partial charge in [-0.15, -0.1) is 0 Å². The second kappa shape index (κ2) is 10.3. The molecule has 1 aromatic rings. The van der Waals surface area contributed by atoms with Crippen LogP contribution in [0.4, 0.5) is 0 Å². The molecule has 0 saturated heterocycles. The lowest BCUT2D eigenvalue weighted by atomic mass is 10.1. The highest BCUT2D eigenvalue weighted by Crippen LogP contribution is 2.13. The molecule has 0 atom stereocenters. The summed E-state index contributed by atoms with van der Waals surface area (Å²) in [6, 6.07) is 8.22. The van der Waals surface area contributed by atoms with Gasteiger partial charge in [0.05, 0.1) is 25.3 Å². The zero-order valence-corrected chi connectivity index (χ0v) is 17.9. The average Bonchev–Trinajstić information content (AvgIpc) is 2.54. The van der Waals surface area contributed by atoms with Gasteiger partial charge in [-0.2, -0.15) is 0 Å². The van der Waals surface area contributed by atoms with Crippen molar-refractivity contribution in [2.75, 3.05) is 13.1 Å². The third-order valence-corrected chi connectivity index (χ3v) is 3.36. The number of amides is 1. The van der Waals surface area contributed by atoms with E-state index >= 15 is 0 Å². The smallest absolute Gasteiger partial charge is 0.239 e. The topological polar surface area (TPSA) is 74.8 Å². The Labute approximate surface area is 164 Å². The van der Waals surface area contributed by atoms with Crippen LogP contribution in [0.2, 0.25) is 0 Å². The first-order valence-electron chi connectivity index (χ1n) is 9.53. The van der Waals surface area contributed by atoms with Gasteiger partial charge in [0.25, 0.3) is 0 Å². The molecule has 0 heterocycles. The molecule has 0 fully saturated rings. The Morgan fingerprint density at radius 3 is 2.33 bits per heavy atom. The molecule has 0 spiro atoms. The van der Waals surface area contributed by atoms with Gasteiger partial charge in [0.1, 0.15) is 0 Å². The molecule has 0 saturated carbocycles. The van der Waals surface area contributed by atoms with Gasteiger partial charge in [-0.1, -0.05) is 24.3 Å². The molecule has 0 aromatic heterocycles. The van der Waals surface area contributed by atoms with Crippen molar-refractivity contribution in [1.29, 1.82) is 0 Å². The fraction of sp³-hybridized carbons (Fsp3) is 0.619. The number of hydrogen-bond donors (Lipinski definition) is 3. The number of benzene rings is 1. The first-order valence-corrected chi connectivity index (χ1v) is 9.53. The standard InChI is InChI=1S/C21H36N4O2/c1-8-22-19(24-14-18(26)25-20(2,3)4)23-13-16-10-9-11-17(12-16)15-27-21(5,6)7/h9-12H,8,13-15H2,1-7H3,(H,25,26)(H2,22,23,24). The highest BCUT2D eigenvalue weighted by Gasteiger charge is 2.13.